The van der Waals surface area contributed by atoms with Crippen molar-refractivity contribution in [1.29, 1.82) is 0 Å². The molecule has 3 N–H and O–H groups in total. The molecule has 0 saturated carbocycles. The molecular weight excluding hydrogens is 369 g/mol. The fourth-order valence-corrected chi connectivity index (χ4v) is 3.13. The van der Waals surface area contributed by atoms with E-state index in [4.69, 9.17) is 5.73 Å². The highest BCUT2D eigenvalue weighted by Crippen LogP contribution is 2.14. The third-order valence-corrected chi connectivity index (χ3v) is 4.59. The predicted octanol–water partition coefficient (Wildman–Crippen LogP) is 1.96. The van der Waals surface area contributed by atoms with Gasteiger partial charge < -0.3 is 15.7 Å². The number of aromatic hydroxyl groups is 1. The number of thioether (sulfide) groups is 1. The first-order valence-electron chi connectivity index (χ1n) is 7.63. The van der Waals surface area contributed by atoms with Gasteiger partial charge in [0, 0.05) is 32.7 Å². The molecule has 24 heavy (non-hydrogen) atoms. The van der Waals surface area contributed by atoms with Crippen molar-refractivity contribution in [2.75, 3.05) is 38.2 Å². The number of rotatable bonds is 6. The summed E-state index contributed by atoms with van der Waals surface area (Å²) in [6.45, 7) is 3.94. The van der Waals surface area contributed by atoms with Crippen molar-refractivity contribution in [3.63, 3.8) is 0 Å². The Kier molecular flexibility index (Phi) is 11.5. The maximum absolute atomic E-state index is 12.3. The van der Waals surface area contributed by atoms with Crippen molar-refractivity contribution in [3.05, 3.63) is 29.8 Å². The Labute approximate surface area is 160 Å². The fraction of sp³-hybridized carbons (Fsp3) is 0.562. The van der Waals surface area contributed by atoms with E-state index in [1.807, 2.05) is 23.3 Å². The lowest BCUT2D eigenvalue weighted by Crippen LogP contribution is -2.53. The number of benzene rings is 1. The van der Waals surface area contributed by atoms with Crippen LogP contribution >= 0.6 is 36.6 Å². The minimum Gasteiger partial charge on any atom is -0.508 e. The maximum Gasteiger partial charge on any atom is 0.239 e. The van der Waals surface area contributed by atoms with Gasteiger partial charge in [-0.05, 0) is 36.1 Å². The highest BCUT2D eigenvalue weighted by atomic mass is 35.5. The molecule has 1 amide bonds. The standard InChI is InChI=1S/C16H25N3O2S.2ClH/c1-22-10-5-15(17)16(21)19-8-6-18(7-9-19)12-13-3-2-4-14(20)11-13;;/h2-4,11,15,20H,5-10,12,17H2,1H3;2*1H/t15-;;/m0../s1. The zero-order valence-electron chi connectivity index (χ0n) is 13.9. The van der Waals surface area contributed by atoms with E-state index in [1.165, 1.54) is 0 Å². The highest BCUT2D eigenvalue weighted by Gasteiger charge is 2.24. The summed E-state index contributed by atoms with van der Waals surface area (Å²) in [7, 11) is 0. The average molecular weight is 396 g/mol. The van der Waals surface area contributed by atoms with Gasteiger partial charge in [-0.3, -0.25) is 9.69 Å². The van der Waals surface area contributed by atoms with Crippen LogP contribution in [0.3, 0.4) is 0 Å². The van der Waals surface area contributed by atoms with E-state index < -0.39 is 0 Å². The molecule has 8 heteroatoms. The van der Waals surface area contributed by atoms with Gasteiger partial charge in [0.1, 0.15) is 5.75 Å². The van der Waals surface area contributed by atoms with Gasteiger partial charge in [-0.15, -0.1) is 24.8 Å². The largest absolute Gasteiger partial charge is 0.508 e. The third kappa shape index (κ3) is 7.07. The van der Waals surface area contributed by atoms with Crippen LogP contribution in [-0.2, 0) is 11.3 Å². The number of hydrogen-bond donors (Lipinski definition) is 2. The zero-order valence-corrected chi connectivity index (χ0v) is 16.3. The molecule has 1 aliphatic heterocycles. The van der Waals surface area contributed by atoms with Crippen LogP contribution in [0.15, 0.2) is 24.3 Å². The van der Waals surface area contributed by atoms with Crippen LogP contribution in [0.4, 0.5) is 0 Å². The number of phenolic OH excluding ortho intramolecular Hbond substituents is 1. The second kappa shape index (κ2) is 11.8. The summed E-state index contributed by atoms with van der Waals surface area (Å²) in [5, 5.41) is 9.50. The molecule has 1 aliphatic rings. The van der Waals surface area contributed by atoms with Crippen molar-refractivity contribution in [2.45, 2.75) is 19.0 Å². The van der Waals surface area contributed by atoms with Crippen LogP contribution < -0.4 is 5.73 Å². The molecule has 0 unspecified atom stereocenters. The van der Waals surface area contributed by atoms with E-state index >= 15 is 0 Å². The zero-order chi connectivity index (χ0) is 15.9. The van der Waals surface area contributed by atoms with Crippen LogP contribution in [0.1, 0.15) is 12.0 Å². The van der Waals surface area contributed by atoms with Crippen molar-refractivity contribution in [2.24, 2.45) is 5.73 Å². The van der Waals surface area contributed by atoms with Crippen molar-refractivity contribution in [3.8, 4) is 5.75 Å². The Bertz CT molecular complexity index is 500. The van der Waals surface area contributed by atoms with Crippen molar-refractivity contribution in [1.82, 2.24) is 9.80 Å². The third-order valence-electron chi connectivity index (χ3n) is 3.95. The Balaban J connectivity index is 0.00000264. The van der Waals surface area contributed by atoms with E-state index in [0.717, 1.165) is 50.5 Å². The normalized spacial score (nSPS) is 16.0. The fourth-order valence-electron chi connectivity index (χ4n) is 2.64. The summed E-state index contributed by atoms with van der Waals surface area (Å²) in [5.74, 6) is 1.29. The van der Waals surface area contributed by atoms with Gasteiger partial charge in [-0.1, -0.05) is 12.1 Å². The van der Waals surface area contributed by atoms with E-state index in [2.05, 4.69) is 4.90 Å². The van der Waals surface area contributed by atoms with Crippen LogP contribution in [0.5, 0.6) is 5.75 Å². The molecule has 1 fully saturated rings. The summed E-state index contributed by atoms with van der Waals surface area (Å²) in [4.78, 5) is 16.4. The molecule has 1 atom stereocenters. The summed E-state index contributed by atoms with van der Waals surface area (Å²) < 4.78 is 0. The maximum atomic E-state index is 12.3. The molecule has 0 radical (unpaired) electrons. The van der Waals surface area contributed by atoms with Gasteiger partial charge in [0.05, 0.1) is 6.04 Å². The van der Waals surface area contributed by atoms with Gasteiger partial charge in [-0.2, -0.15) is 11.8 Å². The Hall–Kier alpha value is -0.660. The Morgan fingerprint density at radius 1 is 1.29 bits per heavy atom. The lowest BCUT2D eigenvalue weighted by Gasteiger charge is -2.36. The molecule has 1 heterocycles. The minimum absolute atomic E-state index is 0. The van der Waals surface area contributed by atoms with E-state index in [1.54, 1.807) is 23.9 Å². The molecule has 138 valence electrons. The monoisotopic (exact) mass is 395 g/mol. The molecule has 1 aromatic rings. The number of piperazine rings is 1. The summed E-state index contributed by atoms with van der Waals surface area (Å²) in [6.07, 6.45) is 2.76. The Morgan fingerprint density at radius 2 is 1.96 bits per heavy atom. The number of halogens is 2. The first-order chi connectivity index (χ1) is 10.6. The second-order valence-corrected chi connectivity index (χ2v) is 6.64. The first-order valence-corrected chi connectivity index (χ1v) is 9.03. The molecule has 0 spiro atoms. The topological polar surface area (TPSA) is 69.8 Å². The smallest absolute Gasteiger partial charge is 0.239 e. The van der Waals surface area contributed by atoms with Gasteiger partial charge >= 0.3 is 0 Å². The van der Waals surface area contributed by atoms with E-state index in [-0.39, 0.29) is 36.8 Å². The van der Waals surface area contributed by atoms with Gasteiger partial charge in [0.25, 0.3) is 0 Å². The van der Waals surface area contributed by atoms with Gasteiger partial charge in [0.2, 0.25) is 5.91 Å². The number of carbonyl (C=O) groups is 1. The lowest BCUT2D eigenvalue weighted by atomic mass is 10.1. The molecule has 1 aromatic carbocycles. The van der Waals surface area contributed by atoms with Gasteiger partial charge in [-0.25, -0.2) is 0 Å². The minimum atomic E-state index is -0.370. The van der Waals surface area contributed by atoms with Crippen molar-refractivity contribution >= 4 is 42.5 Å². The molecule has 0 aliphatic carbocycles. The molecular formula is C16H27Cl2N3O2S. The number of amides is 1. The highest BCUT2D eigenvalue weighted by molar-refractivity contribution is 7.98. The number of carbonyl (C=O) groups excluding carboxylic acids is 1. The molecule has 0 aromatic heterocycles. The Morgan fingerprint density at radius 3 is 2.54 bits per heavy atom. The predicted molar refractivity (Wildman–Crippen MR) is 105 cm³/mol. The quantitative estimate of drug-likeness (QED) is 0.770. The first kappa shape index (κ1) is 23.3. The summed E-state index contributed by atoms with van der Waals surface area (Å²) in [6, 6.07) is 6.96. The molecule has 1 saturated heterocycles. The number of phenols is 1. The summed E-state index contributed by atoms with van der Waals surface area (Å²) in [5.41, 5.74) is 7.06. The van der Waals surface area contributed by atoms with Crippen LogP contribution in [0, 0.1) is 0 Å². The summed E-state index contributed by atoms with van der Waals surface area (Å²) >= 11 is 1.72. The SMILES string of the molecule is CSCC[C@H](N)C(=O)N1CCN(Cc2cccc(O)c2)CC1.Cl.Cl. The van der Waals surface area contributed by atoms with E-state index in [0.29, 0.717) is 5.75 Å². The van der Waals surface area contributed by atoms with E-state index in [9.17, 15) is 9.90 Å². The molecule has 5 nitrogen and oxygen atoms in total. The number of nitrogens with two attached hydrogens (primary N) is 1. The number of hydrogen-bond acceptors (Lipinski definition) is 5. The van der Waals surface area contributed by atoms with Crippen LogP contribution in [0.2, 0.25) is 0 Å². The van der Waals surface area contributed by atoms with Crippen molar-refractivity contribution < 1.29 is 9.90 Å². The number of nitrogens with zero attached hydrogens (tertiary/aromatic N) is 2. The molecule has 2 rings (SSSR count). The average Bonchev–Trinajstić information content (AvgIpc) is 2.52. The van der Waals surface area contributed by atoms with Crippen LogP contribution in [-0.4, -0.2) is 65.0 Å². The van der Waals surface area contributed by atoms with Gasteiger partial charge in [0.15, 0.2) is 0 Å². The lowest BCUT2D eigenvalue weighted by molar-refractivity contribution is -0.134. The second-order valence-electron chi connectivity index (χ2n) is 5.66. The molecule has 0 bridgehead atoms. The van der Waals surface area contributed by atoms with Crippen LogP contribution in [0.25, 0.3) is 0 Å².